The van der Waals surface area contributed by atoms with E-state index in [1.165, 1.54) is 0 Å². The lowest BCUT2D eigenvalue weighted by Gasteiger charge is -2.12. The second kappa shape index (κ2) is 7.70. The second-order valence-corrected chi connectivity index (χ2v) is 7.38. The van der Waals surface area contributed by atoms with Gasteiger partial charge in [-0.2, -0.15) is 0 Å². The Morgan fingerprint density at radius 3 is 2.29 bits per heavy atom. The molecule has 4 aromatic rings. The molecule has 0 saturated heterocycles. The van der Waals surface area contributed by atoms with Crippen LogP contribution in [0.15, 0.2) is 75.9 Å². The normalized spacial score (nSPS) is 11.0. The van der Waals surface area contributed by atoms with Gasteiger partial charge in [-0.15, -0.1) is 0 Å². The average molecular weight is 411 g/mol. The number of fused-ring (bicyclic) bond motifs is 1. The molecule has 5 heteroatoms. The molecule has 0 fully saturated rings. The second-order valence-electron chi connectivity index (χ2n) is 6.51. The smallest absolute Gasteiger partial charge is 0.235 e. The third-order valence-corrected chi connectivity index (χ3v) is 4.91. The summed E-state index contributed by atoms with van der Waals surface area (Å²) in [5, 5.41) is 1.49. The molecule has 3 nitrogen and oxygen atoms in total. The fourth-order valence-corrected chi connectivity index (χ4v) is 3.21. The lowest BCUT2D eigenvalue weighted by Crippen LogP contribution is -2.10. The van der Waals surface area contributed by atoms with Crippen LogP contribution in [0.5, 0.6) is 5.75 Å². The summed E-state index contributed by atoms with van der Waals surface area (Å²) in [6, 6.07) is 20.0. The molecule has 4 rings (SSSR count). The highest BCUT2D eigenvalue weighted by Crippen LogP contribution is 2.32. The van der Waals surface area contributed by atoms with Crippen molar-refractivity contribution in [1.82, 2.24) is 0 Å². The lowest BCUT2D eigenvalue weighted by atomic mass is 10.1. The first-order valence-corrected chi connectivity index (χ1v) is 9.47. The van der Waals surface area contributed by atoms with Crippen molar-refractivity contribution in [3.63, 3.8) is 0 Å². The fraction of sp³-hybridized carbons (Fsp3) is 0.0870. The molecule has 3 aromatic carbocycles. The molecule has 1 aromatic heterocycles. The van der Waals surface area contributed by atoms with Crippen molar-refractivity contribution in [2.75, 3.05) is 0 Å². The Morgan fingerprint density at radius 2 is 1.57 bits per heavy atom. The van der Waals surface area contributed by atoms with Crippen LogP contribution in [-0.2, 0) is 6.61 Å². The van der Waals surface area contributed by atoms with Crippen molar-refractivity contribution < 1.29 is 9.15 Å². The van der Waals surface area contributed by atoms with Gasteiger partial charge in [-0.05, 0) is 42.8 Å². The van der Waals surface area contributed by atoms with E-state index in [2.05, 4.69) is 0 Å². The average Bonchev–Trinajstić information content (AvgIpc) is 2.69. The van der Waals surface area contributed by atoms with Gasteiger partial charge >= 0.3 is 0 Å². The van der Waals surface area contributed by atoms with E-state index in [-0.39, 0.29) is 17.8 Å². The lowest BCUT2D eigenvalue weighted by molar-refractivity contribution is 0.298. The van der Waals surface area contributed by atoms with E-state index in [1.54, 1.807) is 30.3 Å². The molecule has 0 amide bonds. The Labute approximate surface area is 172 Å². The predicted octanol–water partition coefficient (Wildman–Crippen LogP) is 6.65. The zero-order chi connectivity index (χ0) is 19.7. The summed E-state index contributed by atoms with van der Waals surface area (Å²) in [5.41, 5.74) is 2.98. The minimum Gasteiger partial charge on any atom is -0.481 e. The van der Waals surface area contributed by atoms with E-state index in [1.807, 2.05) is 43.3 Å². The minimum atomic E-state index is -0.256. The van der Waals surface area contributed by atoms with Crippen molar-refractivity contribution in [2.45, 2.75) is 13.5 Å². The molecule has 0 aliphatic carbocycles. The SMILES string of the molecule is Cc1ccc(-c2oc3ccc(Cl)cc3c(=O)c2OCc2ccc(Cl)cc2)cc1. The predicted molar refractivity (Wildman–Crippen MR) is 113 cm³/mol. The Bertz CT molecular complexity index is 1190. The standard InChI is InChI=1S/C23H16Cl2O3/c1-14-2-6-16(7-3-14)22-23(27-13-15-4-8-17(24)9-5-15)21(26)19-12-18(25)10-11-20(19)28-22/h2-12H,13H2,1H3. The zero-order valence-corrected chi connectivity index (χ0v) is 16.6. The third-order valence-electron chi connectivity index (χ3n) is 4.42. The maximum absolute atomic E-state index is 13.2. The molecule has 0 atom stereocenters. The largest absolute Gasteiger partial charge is 0.481 e. The van der Waals surface area contributed by atoms with Crippen molar-refractivity contribution in [2.24, 2.45) is 0 Å². The van der Waals surface area contributed by atoms with Crippen molar-refractivity contribution in [1.29, 1.82) is 0 Å². The number of ether oxygens (including phenoxy) is 1. The molecular formula is C23H16Cl2O3. The molecular weight excluding hydrogens is 395 g/mol. The van der Waals surface area contributed by atoms with Gasteiger partial charge < -0.3 is 9.15 Å². The van der Waals surface area contributed by atoms with Crippen molar-refractivity contribution >= 4 is 34.2 Å². The zero-order valence-electron chi connectivity index (χ0n) is 15.0. The van der Waals surface area contributed by atoms with Gasteiger partial charge in [-0.3, -0.25) is 4.79 Å². The number of halogens is 2. The summed E-state index contributed by atoms with van der Waals surface area (Å²) < 4.78 is 12.0. The Balaban J connectivity index is 1.84. The molecule has 140 valence electrons. The van der Waals surface area contributed by atoms with Gasteiger partial charge in [0.15, 0.2) is 5.76 Å². The molecule has 0 bridgehead atoms. The van der Waals surface area contributed by atoms with E-state index < -0.39 is 0 Å². The topological polar surface area (TPSA) is 39.4 Å². The summed E-state index contributed by atoms with van der Waals surface area (Å²) >= 11 is 12.0. The first kappa shape index (κ1) is 18.6. The van der Waals surface area contributed by atoms with Gasteiger partial charge in [0.2, 0.25) is 11.2 Å². The molecule has 0 N–H and O–H groups in total. The number of benzene rings is 3. The van der Waals surface area contributed by atoms with Crippen LogP contribution in [0.1, 0.15) is 11.1 Å². The Hall–Kier alpha value is -2.75. The summed E-state index contributed by atoms with van der Waals surface area (Å²) in [6.07, 6.45) is 0. The summed E-state index contributed by atoms with van der Waals surface area (Å²) in [5.74, 6) is 0.558. The van der Waals surface area contributed by atoms with Gasteiger partial charge in [0.05, 0.1) is 5.39 Å². The summed E-state index contributed by atoms with van der Waals surface area (Å²) in [4.78, 5) is 13.2. The van der Waals surface area contributed by atoms with Gasteiger partial charge in [0, 0.05) is 15.6 Å². The van der Waals surface area contributed by atoms with Crippen molar-refractivity contribution in [3.05, 3.63) is 98.1 Å². The van der Waals surface area contributed by atoms with Crippen LogP contribution in [0.25, 0.3) is 22.3 Å². The quantitative estimate of drug-likeness (QED) is 0.377. The molecule has 0 aliphatic heterocycles. The summed E-state index contributed by atoms with van der Waals surface area (Å²) in [7, 11) is 0. The van der Waals surface area contributed by atoms with Gasteiger partial charge in [-0.1, -0.05) is 65.2 Å². The van der Waals surface area contributed by atoms with Crippen LogP contribution >= 0.6 is 23.2 Å². The Kier molecular flexibility index (Phi) is 5.12. The molecule has 0 aliphatic rings. The first-order valence-electron chi connectivity index (χ1n) is 8.72. The number of hydrogen-bond donors (Lipinski definition) is 0. The summed E-state index contributed by atoms with van der Waals surface area (Å²) in [6.45, 7) is 2.22. The highest BCUT2D eigenvalue weighted by molar-refractivity contribution is 6.31. The highest BCUT2D eigenvalue weighted by Gasteiger charge is 2.18. The molecule has 1 heterocycles. The van der Waals surface area contributed by atoms with E-state index in [0.29, 0.717) is 26.8 Å². The van der Waals surface area contributed by atoms with Crippen LogP contribution in [0.2, 0.25) is 10.0 Å². The van der Waals surface area contributed by atoms with E-state index >= 15 is 0 Å². The maximum atomic E-state index is 13.2. The van der Waals surface area contributed by atoms with Crippen LogP contribution in [-0.4, -0.2) is 0 Å². The van der Waals surface area contributed by atoms with Gasteiger partial charge in [-0.25, -0.2) is 0 Å². The van der Waals surface area contributed by atoms with E-state index in [4.69, 9.17) is 32.4 Å². The molecule has 0 radical (unpaired) electrons. The molecule has 0 spiro atoms. The van der Waals surface area contributed by atoms with Crippen LogP contribution in [0.3, 0.4) is 0 Å². The van der Waals surface area contributed by atoms with E-state index in [0.717, 1.165) is 16.7 Å². The monoisotopic (exact) mass is 410 g/mol. The van der Waals surface area contributed by atoms with Crippen LogP contribution in [0.4, 0.5) is 0 Å². The van der Waals surface area contributed by atoms with Crippen molar-refractivity contribution in [3.8, 4) is 17.1 Å². The third kappa shape index (κ3) is 3.77. The molecule has 0 unspecified atom stereocenters. The van der Waals surface area contributed by atoms with Crippen LogP contribution < -0.4 is 10.2 Å². The maximum Gasteiger partial charge on any atom is 0.235 e. The van der Waals surface area contributed by atoms with Gasteiger partial charge in [0.25, 0.3) is 0 Å². The number of aryl methyl sites for hydroxylation is 1. The molecule has 0 saturated carbocycles. The number of rotatable bonds is 4. The Morgan fingerprint density at radius 1 is 0.893 bits per heavy atom. The van der Waals surface area contributed by atoms with Gasteiger partial charge in [0.1, 0.15) is 12.2 Å². The van der Waals surface area contributed by atoms with E-state index in [9.17, 15) is 4.79 Å². The first-order chi connectivity index (χ1) is 13.5. The molecule has 28 heavy (non-hydrogen) atoms. The fourth-order valence-electron chi connectivity index (χ4n) is 2.91. The minimum absolute atomic E-state index is 0.161. The number of hydrogen-bond acceptors (Lipinski definition) is 3. The highest BCUT2D eigenvalue weighted by atomic mass is 35.5. The van der Waals surface area contributed by atoms with Crippen LogP contribution in [0, 0.1) is 6.92 Å².